The number of aromatic hydroxyl groups is 2. The van der Waals surface area contributed by atoms with Gasteiger partial charge in [-0.25, -0.2) is 0 Å². The molecule has 1 aromatic carbocycles. The van der Waals surface area contributed by atoms with Gasteiger partial charge in [0.2, 0.25) is 0 Å². The quantitative estimate of drug-likeness (QED) is 0.522. The Morgan fingerprint density at radius 2 is 2.07 bits per heavy atom. The highest BCUT2D eigenvalue weighted by molar-refractivity contribution is 5.83. The van der Waals surface area contributed by atoms with Crippen molar-refractivity contribution in [3.8, 4) is 11.5 Å². The number of phenols is 2. The minimum Gasteiger partial charge on any atom is -0.508 e. The van der Waals surface area contributed by atoms with E-state index in [1.54, 1.807) is 0 Å². The van der Waals surface area contributed by atoms with E-state index < -0.39 is 6.10 Å². The molecule has 1 unspecified atom stereocenters. The first-order valence-electron chi connectivity index (χ1n) is 4.44. The van der Waals surface area contributed by atoms with Crippen LogP contribution in [0.4, 0.5) is 0 Å². The molecule has 0 aromatic heterocycles. The van der Waals surface area contributed by atoms with Crippen molar-refractivity contribution >= 4 is 6.21 Å². The molecule has 0 amide bonds. The second kappa shape index (κ2) is 5.33. The highest BCUT2D eigenvalue weighted by Crippen LogP contribution is 2.20. The van der Waals surface area contributed by atoms with E-state index >= 15 is 0 Å². The molecule has 0 aliphatic rings. The number of aliphatic hydroxyl groups excluding tert-OH is 2. The second-order valence-electron chi connectivity index (χ2n) is 3.07. The van der Waals surface area contributed by atoms with E-state index in [0.717, 1.165) is 0 Å². The summed E-state index contributed by atoms with van der Waals surface area (Å²) >= 11 is 0. The number of aliphatic imine (C=N–C) groups is 1. The lowest BCUT2D eigenvalue weighted by atomic mass is 10.2. The smallest absolute Gasteiger partial charge is 0.128 e. The van der Waals surface area contributed by atoms with Crippen LogP contribution in [0.5, 0.6) is 11.5 Å². The lowest BCUT2D eigenvalue weighted by molar-refractivity contribution is 0.102. The van der Waals surface area contributed by atoms with Crippen molar-refractivity contribution in [2.75, 3.05) is 13.2 Å². The van der Waals surface area contributed by atoms with Gasteiger partial charge in [-0.1, -0.05) is 0 Å². The number of hydrogen-bond donors (Lipinski definition) is 4. The van der Waals surface area contributed by atoms with Crippen molar-refractivity contribution in [1.29, 1.82) is 0 Å². The van der Waals surface area contributed by atoms with Crippen LogP contribution in [0.3, 0.4) is 0 Å². The first-order chi connectivity index (χ1) is 7.13. The predicted molar refractivity (Wildman–Crippen MR) is 55.3 cm³/mol. The number of benzene rings is 1. The predicted octanol–water partition coefficient (Wildman–Crippen LogP) is -0.130. The lowest BCUT2D eigenvalue weighted by Gasteiger charge is -2.02. The van der Waals surface area contributed by atoms with Gasteiger partial charge >= 0.3 is 0 Å². The van der Waals surface area contributed by atoms with Crippen LogP contribution in [0, 0.1) is 0 Å². The fraction of sp³-hybridized carbons (Fsp3) is 0.300. The number of phenolic OH excluding ortho intramolecular Hbond substituents is 2. The average molecular weight is 211 g/mol. The highest BCUT2D eigenvalue weighted by atomic mass is 16.3. The molecule has 0 aliphatic carbocycles. The maximum Gasteiger partial charge on any atom is 0.128 e. The maximum atomic E-state index is 9.35. The molecule has 0 saturated carbocycles. The molecule has 0 aliphatic heterocycles. The normalized spacial score (nSPS) is 13.2. The van der Waals surface area contributed by atoms with Gasteiger partial charge < -0.3 is 20.4 Å². The average Bonchev–Trinajstić information content (AvgIpc) is 2.21. The molecule has 0 heterocycles. The van der Waals surface area contributed by atoms with E-state index in [-0.39, 0.29) is 24.7 Å². The van der Waals surface area contributed by atoms with E-state index in [1.807, 2.05) is 0 Å². The third-order valence-electron chi connectivity index (χ3n) is 1.77. The topological polar surface area (TPSA) is 93.3 Å². The summed E-state index contributed by atoms with van der Waals surface area (Å²) in [6, 6.07) is 4.12. The SMILES string of the molecule is OCC(O)CN=Cc1ccc(O)cc1O. The molecular formula is C10H13NO4. The molecule has 1 atom stereocenters. The molecule has 0 radical (unpaired) electrons. The van der Waals surface area contributed by atoms with Gasteiger partial charge in [-0.05, 0) is 12.1 Å². The van der Waals surface area contributed by atoms with Crippen molar-refractivity contribution in [1.82, 2.24) is 0 Å². The monoisotopic (exact) mass is 211 g/mol. The second-order valence-corrected chi connectivity index (χ2v) is 3.07. The molecule has 82 valence electrons. The zero-order valence-corrected chi connectivity index (χ0v) is 8.04. The van der Waals surface area contributed by atoms with Crippen LogP contribution in [0.2, 0.25) is 0 Å². The number of aliphatic hydroxyl groups is 2. The molecule has 1 aromatic rings. The highest BCUT2D eigenvalue weighted by Gasteiger charge is 2.00. The van der Waals surface area contributed by atoms with Crippen LogP contribution in [0.1, 0.15) is 5.56 Å². The minimum atomic E-state index is -0.888. The van der Waals surface area contributed by atoms with Crippen molar-refractivity contribution in [2.24, 2.45) is 4.99 Å². The minimum absolute atomic E-state index is 0.0277. The van der Waals surface area contributed by atoms with E-state index in [1.165, 1.54) is 24.4 Å². The van der Waals surface area contributed by atoms with Gasteiger partial charge in [-0.15, -0.1) is 0 Å². The summed E-state index contributed by atoms with van der Waals surface area (Å²) in [6.07, 6.45) is 0.480. The van der Waals surface area contributed by atoms with E-state index in [4.69, 9.17) is 15.3 Å². The van der Waals surface area contributed by atoms with Crippen molar-refractivity contribution in [3.05, 3.63) is 23.8 Å². The van der Waals surface area contributed by atoms with Crippen LogP contribution in [-0.2, 0) is 0 Å². The Kier molecular flexibility index (Phi) is 4.08. The van der Waals surface area contributed by atoms with Gasteiger partial charge in [-0.2, -0.15) is 0 Å². The van der Waals surface area contributed by atoms with Gasteiger partial charge in [0, 0.05) is 17.8 Å². The third kappa shape index (κ3) is 3.57. The van der Waals surface area contributed by atoms with Gasteiger partial charge in [0.15, 0.2) is 0 Å². The maximum absolute atomic E-state index is 9.35. The van der Waals surface area contributed by atoms with Gasteiger partial charge in [-0.3, -0.25) is 4.99 Å². The van der Waals surface area contributed by atoms with Crippen LogP contribution in [-0.4, -0.2) is 45.9 Å². The van der Waals surface area contributed by atoms with Gasteiger partial charge in [0.1, 0.15) is 11.5 Å². The molecule has 5 heteroatoms. The first kappa shape index (κ1) is 11.5. The lowest BCUT2D eigenvalue weighted by Crippen LogP contribution is -2.15. The van der Waals surface area contributed by atoms with Crippen molar-refractivity contribution < 1.29 is 20.4 Å². The Bertz CT molecular complexity index is 351. The van der Waals surface area contributed by atoms with Gasteiger partial charge in [0.25, 0.3) is 0 Å². The van der Waals surface area contributed by atoms with E-state index in [0.29, 0.717) is 5.56 Å². The van der Waals surface area contributed by atoms with Crippen LogP contribution in [0.25, 0.3) is 0 Å². The van der Waals surface area contributed by atoms with Gasteiger partial charge in [0.05, 0.1) is 19.3 Å². The largest absolute Gasteiger partial charge is 0.508 e. The van der Waals surface area contributed by atoms with E-state index in [9.17, 15) is 5.11 Å². The molecule has 15 heavy (non-hydrogen) atoms. The van der Waals surface area contributed by atoms with E-state index in [2.05, 4.69) is 4.99 Å². The molecule has 1 rings (SSSR count). The van der Waals surface area contributed by atoms with Crippen molar-refractivity contribution in [2.45, 2.75) is 6.10 Å². The fourth-order valence-electron chi connectivity index (χ4n) is 0.972. The van der Waals surface area contributed by atoms with Crippen LogP contribution < -0.4 is 0 Å². The summed E-state index contributed by atoms with van der Waals surface area (Å²) in [5, 5.41) is 35.9. The number of rotatable bonds is 4. The number of hydrogen-bond acceptors (Lipinski definition) is 5. The molecule has 0 saturated heterocycles. The fourth-order valence-corrected chi connectivity index (χ4v) is 0.972. The molecule has 0 bridgehead atoms. The molecular weight excluding hydrogens is 198 g/mol. The summed E-state index contributed by atoms with van der Waals surface area (Å²) in [4.78, 5) is 3.83. The molecule has 4 N–H and O–H groups in total. The van der Waals surface area contributed by atoms with Crippen LogP contribution >= 0.6 is 0 Å². The number of nitrogens with zero attached hydrogens (tertiary/aromatic N) is 1. The Balaban J connectivity index is 2.64. The molecule has 5 nitrogen and oxygen atoms in total. The third-order valence-corrected chi connectivity index (χ3v) is 1.77. The Morgan fingerprint density at radius 1 is 1.33 bits per heavy atom. The zero-order chi connectivity index (χ0) is 11.3. The zero-order valence-electron chi connectivity index (χ0n) is 8.04. The Hall–Kier alpha value is -1.59. The summed E-state index contributed by atoms with van der Waals surface area (Å²) < 4.78 is 0. The molecule has 0 fully saturated rings. The summed E-state index contributed by atoms with van der Waals surface area (Å²) in [5.41, 5.74) is 0.443. The standard InChI is InChI=1S/C10H13NO4/c12-6-9(14)5-11-4-7-1-2-8(13)3-10(7)15/h1-4,9,12-15H,5-6H2. The Morgan fingerprint density at radius 3 is 2.67 bits per heavy atom. The van der Waals surface area contributed by atoms with Crippen molar-refractivity contribution in [3.63, 3.8) is 0 Å². The summed E-state index contributed by atoms with van der Waals surface area (Å²) in [7, 11) is 0. The first-order valence-corrected chi connectivity index (χ1v) is 4.44. The molecule has 0 spiro atoms. The summed E-state index contributed by atoms with van der Waals surface area (Å²) in [6.45, 7) is -0.282. The summed E-state index contributed by atoms with van der Waals surface area (Å²) in [5.74, 6) is -0.114. The van der Waals surface area contributed by atoms with Crippen LogP contribution in [0.15, 0.2) is 23.2 Å². The Labute approximate surface area is 87.0 Å².